The lowest BCUT2D eigenvalue weighted by molar-refractivity contribution is 0.0696. The maximum absolute atomic E-state index is 10.8. The minimum atomic E-state index is -1.17. The van der Waals surface area contributed by atoms with E-state index in [1.54, 1.807) is 11.8 Å². The summed E-state index contributed by atoms with van der Waals surface area (Å²) in [5.74, 6) is 0.398. The number of aromatic nitrogens is 3. The van der Waals surface area contributed by atoms with Crippen LogP contribution in [0, 0.1) is 0 Å². The fourth-order valence-corrected chi connectivity index (χ4v) is 2.80. The van der Waals surface area contributed by atoms with Gasteiger partial charge in [0.25, 0.3) is 0 Å². The van der Waals surface area contributed by atoms with Gasteiger partial charge in [0.2, 0.25) is 11.7 Å². The number of carboxylic acids is 1. The van der Waals surface area contributed by atoms with Crippen LogP contribution >= 0.6 is 11.8 Å². The lowest BCUT2D eigenvalue weighted by Crippen LogP contribution is -1.98. The van der Waals surface area contributed by atoms with Crippen LogP contribution in [0.2, 0.25) is 0 Å². The molecule has 0 aliphatic rings. The van der Waals surface area contributed by atoms with Gasteiger partial charge in [-0.15, -0.1) is 11.8 Å². The first kappa shape index (κ1) is 16.0. The van der Waals surface area contributed by atoms with Gasteiger partial charge in [0.15, 0.2) is 5.69 Å². The smallest absolute Gasteiger partial charge is 0.337 e. The molecule has 0 fully saturated rings. The molecule has 2 aromatic heterocycles. The van der Waals surface area contributed by atoms with Gasteiger partial charge in [-0.2, -0.15) is 4.98 Å². The van der Waals surface area contributed by atoms with Crippen LogP contribution in [-0.4, -0.2) is 31.3 Å². The fraction of sp³-hybridized carbons (Fsp3) is 0.125. The second-order valence-corrected chi connectivity index (χ2v) is 5.87. The molecule has 0 aliphatic carbocycles. The summed E-state index contributed by atoms with van der Waals surface area (Å²) in [6.07, 6.45) is 1.14. The highest BCUT2D eigenvalue weighted by Crippen LogP contribution is 2.26. The Morgan fingerprint density at radius 3 is 2.71 bits per heavy atom. The van der Waals surface area contributed by atoms with E-state index < -0.39 is 5.97 Å². The van der Waals surface area contributed by atoms with Gasteiger partial charge < -0.3 is 14.7 Å². The van der Waals surface area contributed by atoms with Crippen molar-refractivity contribution >= 4 is 17.7 Å². The fourth-order valence-electron chi connectivity index (χ4n) is 1.98. The van der Waals surface area contributed by atoms with E-state index in [1.165, 1.54) is 5.56 Å². The Balaban J connectivity index is 1.66. The van der Waals surface area contributed by atoms with Crippen LogP contribution in [0.3, 0.4) is 0 Å². The zero-order chi connectivity index (χ0) is 16.9. The second-order valence-electron chi connectivity index (χ2n) is 4.89. The molecule has 3 aromatic rings. The van der Waals surface area contributed by atoms with Crippen molar-refractivity contribution in [1.29, 1.82) is 0 Å². The molecule has 122 valence electrons. The van der Waals surface area contributed by atoms with Crippen molar-refractivity contribution < 1.29 is 19.5 Å². The van der Waals surface area contributed by atoms with Gasteiger partial charge in [-0.25, -0.2) is 9.78 Å². The molecule has 0 bridgehead atoms. The molecular weight excluding hydrogens is 330 g/mol. The lowest BCUT2D eigenvalue weighted by Gasteiger charge is -2.00. The van der Waals surface area contributed by atoms with Crippen LogP contribution in [0.1, 0.15) is 21.8 Å². The quantitative estimate of drug-likeness (QED) is 0.703. The van der Waals surface area contributed by atoms with Crippen molar-refractivity contribution in [2.45, 2.75) is 11.5 Å². The molecule has 0 saturated heterocycles. The van der Waals surface area contributed by atoms with Crippen molar-refractivity contribution in [2.75, 3.05) is 0 Å². The van der Waals surface area contributed by atoms with Gasteiger partial charge >= 0.3 is 5.97 Å². The zero-order valence-electron chi connectivity index (χ0n) is 12.4. The normalized spacial score (nSPS) is 10.7. The molecule has 1 aromatic carbocycles. The SMILES string of the molecule is O=C(O)c1cnc(-c2noc(CSCc3ccccc3)n2)c(O)c1. The number of rotatable bonds is 6. The van der Waals surface area contributed by atoms with Crippen LogP contribution in [0.4, 0.5) is 0 Å². The van der Waals surface area contributed by atoms with Crippen LogP contribution < -0.4 is 0 Å². The van der Waals surface area contributed by atoms with Gasteiger partial charge in [0.1, 0.15) is 5.75 Å². The maximum atomic E-state index is 10.8. The third-order valence-electron chi connectivity index (χ3n) is 3.13. The van der Waals surface area contributed by atoms with E-state index in [0.29, 0.717) is 11.6 Å². The molecule has 7 nitrogen and oxygen atoms in total. The number of hydrogen-bond acceptors (Lipinski definition) is 7. The predicted octanol–water partition coefficient (Wildman–Crippen LogP) is 2.97. The first-order valence-corrected chi connectivity index (χ1v) is 8.16. The number of pyridine rings is 1. The van der Waals surface area contributed by atoms with Crippen LogP contribution in [0.15, 0.2) is 47.1 Å². The molecule has 0 amide bonds. The average Bonchev–Trinajstić information content (AvgIpc) is 3.04. The Morgan fingerprint density at radius 2 is 2.00 bits per heavy atom. The van der Waals surface area contributed by atoms with E-state index in [1.807, 2.05) is 30.3 Å². The van der Waals surface area contributed by atoms with Crippen molar-refractivity contribution in [1.82, 2.24) is 15.1 Å². The molecule has 0 unspecified atom stereocenters. The number of carbonyl (C=O) groups is 1. The molecule has 0 saturated carbocycles. The molecule has 2 heterocycles. The number of hydrogen-bond donors (Lipinski definition) is 2. The minimum absolute atomic E-state index is 0.0862. The van der Waals surface area contributed by atoms with E-state index in [4.69, 9.17) is 9.63 Å². The topological polar surface area (TPSA) is 109 Å². The summed E-state index contributed by atoms with van der Waals surface area (Å²) >= 11 is 1.62. The van der Waals surface area contributed by atoms with Gasteiger partial charge in [0.05, 0.1) is 11.3 Å². The second kappa shape index (κ2) is 7.14. The molecule has 0 aliphatic heterocycles. The molecule has 3 rings (SSSR count). The van der Waals surface area contributed by atoms with Crippen molar-refractivity contribution in [3.8, 4) is 17.3 Å². The van der Waals surface area contributed by atoms with Crippen molar-refractivity contribution in [3.05, 3.63) is 59.6 Å². The third-order valence-corrected chi connectivity index (χ3v) is 4.12. The number of aromatic hydroxyl groups is 1. The number of aromatic carboxylic acids is 1. The predicted molar refractivity (Wildman–Crippen MR) is 87.6 cm³/mol. The Hall–Kier alpha value is -2.87. The number of nitrogens with zero attached hydrogens (tertiary/aromatic N) is 3. The number of carboxylic acid groups (broad SMARTS) is 1. The van der Waals surface area contributed by atoms with Gasteiger partial charge in [0, 0.05) is 11.9 Å². The summed E-state index contributed by atoms with van der Waals surface area (Å²) in [6.45, 7) is 0. The summed E-state index contributed by atoms with van der Waals surface area (Å²) in [5, 5.41) is 22.5. The van der Waals surface area contributed by atoms with Gasteiger partial charge in [-0.1, -0.05) is 35.5 Å². The Bertz CT molecular complexity index is 852. The lowest BCUT2D eigenvalue weighted by atomic mass is 10.2. The molecule has 24 heavy (non-hydrogen) atoms. The first-order valence-electron chi connectivity index (χ1n) is 7.00. The Labute approximate surface area is 141 Å². The van der Waals surface area contributed by atoms with E-state index in [2.05, 4.69) is 15.1 Å². The van der Waals surface area contributed by atoms with Crippen LogP contribution in [0.25, 0.3) is 11.5 Å². The molecule has 0 radical (unpaired) electrons. The highest BCUT2D eigenvalue weighted by molar-refractivity contribution is 7.97. The van der Waals surface area contributed by atoms with E-state index in [-0.39, 0.29) is 22.8 Å². The van der Waals surface area contributed by atoms with Crippen molar-refractivity contribution in [3.63, 3.8) is 0 Å². The molecule has 2 N–H and O–H groups in total. The Kier molecular flexibility index (Phi) is 4.76. The van der Waals surface area contributed by atoms with Crippen LogP contribution in [-0.2, 0) is 11.5 Å². The molecule has 0 spiro atoms. The Morgan fingerprint density at radius 1 is 1.21 bits per heavy atom. The maximum Gasteiger partial charge on any atom is 0.337 e. The molecule has 8 heteroatoms. The highest BCUT2D eigenvalue weighted by Gasteiger charge is 2.16. The summed E-state index contributed by atoms with van der Waals surface area (Å²) < 4.78 is 5.14. The summed E-state index contributed by atoms with van der Waals surface area (Å²) in [5.41, 5.74) is 1.17. The number of benzene rings is 1. The summed E-state index contributed by atoms with van der Waals surface area (Å²) in [4.78, 5) is 18.9. The van der Waals surface area contributed by atoms with E-state index >= 15 is 0 Å². The first-order chi connectivity index (χ1) is 11.6. The average molecular weight is 343 g/mol. The summed E-state index contributed by atoms with van der Waals surface area (Å²) in [7, 11) is 0. The molecular formula is C16H13N3O4S. The minimum Gasteiger partial charge on any atom is -0.506 e. The van der Waals surface area contributed by atoms with E-state index in [0.717, 1.165) is 18.0 Å². The van der Waals surface area contributed by atoms with Gasteiger partial charge in [-0.3, -0.25) is 0 Å². The number of thioether (sulfide) groups is 1. The molecule has 0 atom stereocenters. The monoisotopic (exact) mass is 343 g/mol. The zero-order valence-corrected chi connectivity index (χ0v) is 13.2. The third kappa shape index (κ3) is 3.72. The largest absolute Gasteiger partial charge is 0.506 e. The van der Waals surface area contributed by atoms with Gasteiger partial charge in [-0.05, 0) is 11.6 Å². The van der Waals surface area contributed by atoms with Crippen LogP contribution in [0.5, 0.6) is 5.75 Å². The van der Waals surface area contributed by atoms with E-state index in [9.17, 15) is 9.90 Å². The van der Waals surface area contributed by atoms with Crippen molar-refractivity contribution in [2.24, 2.45) is 0 Å². The standard InChI is InChI=1S/C16H13N3O4S/c20-12-6-11(16(21)22)7-17-14(12)15-18-13(23-19-15)9-24-8-10-4-2-1-3-5-10/h1-7,20H,8-9H2,(H,21,22). The highest BCUT2D eigenvalue weighted by atomic mass is 32.2. The summed E-state index contributed by atoms with van der Waals surface area (Å²) in [6, 6.07) is 11.1.